The zero-order chi connectivity index (χ0) is 14.2. The van der Waals surface area contributed by atoms with Crippen molar-refractivity contribution in [1.82, 2.24) is 9.78 Å². The summed E-state index contributed by atoms with van der Waals surface area (Å²) in [6.45, 7) is 3.15. The second-order valence-electron chi connectivity index (χ2n) is 4.35. The summed E-state index contributed by atoms with van der Waals surface area (Å²) in [5.74, 6) is -1.04. The zero-order valence-electron chi connectivity index (χ0n) is 10.6. The van der Waals surface area contributed by atoms with Gasteiger partial charge in [-0.15, -0.1) is 0 Å². The summed E-state index contributed by atoms with van der Waals surface area (Å²) in [5, 5.41) is 13.7. The minimum Gasteiger partial charge on any atom is -0.389 e. The Balaban J connectivity index is 2.59. The molecule has 3 N–H and O–H groups in total. The van der Waals surface area contributed by atoms with Crippen molar-refractivity contribution in [2.24, 2.45) is 5.73 Å². The van der Waals surface area contributed by atoms with E-state index in [0.29, 0.717) is 16.8 Å². The van der Waals surface area contributed by atoms with E-state index in [0.717, 1.165) is 0 Å². The van der Waals surface area contributed by atoms with Crippen LogP contribution in [0.25, 0.3) is 5.69 Å². The molecule has 0 bridgehead atoms. The van der Waals surface area contributed by atoms with Gasteiger partial charge in [0.2, 0.25) is 0 Å². The average Bonchev–Trinajstić information content (AvgIpc) is 2.81. The molecule has 0 aliphatic carbocycles. The third kappa shape index (κ3) is 2.48. The third-order valence-electron chi connectivity index (χ3n) is 2.85. The molecule has 1 amide bonds. The van der Waals surface area contributed by atoms with Crippen molar-refractivity contribution in [1.29, 1.82) is 0 Å². The Morgan fingerprint density at radius 3 is 2.74 bits per heavy atom. The zero-order valence-corrected chi connectivity index (χ0v) is 10.6. The van der Waals surface area contributed by atoms with Gasteiger partial charge >= 0.3 is 0 Å². The second kappa shape index (κ2) is 4.81. The molecule has 0 unspecified atom stereocenters. The molecule has 0 radical (unpaired) electrons. The van der Waals surface area contributed by atoms with Crippen LogP contribution in [-0.2, 0) is 0 Å². The molecule has 2 aromatic rings. The van der Waals surface area contributed by atoms with E-state index in [1.54, 1.807) is 19.2 Å². The summed E-state index contributed by atoms with van der Waals surface area (Å²) >= 11 is 0. The van der Waals surface area contributed by atoms with Gasteiger partial charge in [0.25, 0.3) is 5.91 Å². The lowest BCUT2D eigenvalue weighted by atomic mass is 10.1. The number of carbonyl (C=O) groups excluding carboxylic acids is 1. The second-order valence-corrected chi connectivity index (χ2v) is 4.35. The molecule has 0 spiro atoms. The lowest BCUT2D eigenvalue weighted by Crippen LogP contribution is -2.13. The van der Waals surface area contributed by atoms with E-state index < -0.39 is 17.8 Å². The maximum Gasteiger partial charge on any atom is 0.269 e. The van der Waals surface area contributed by atoms with Crippen molar-refractivity contribution in [3.63, 3.8) is 0 Å². The van der Waals surface area contributed by atoms with E-state index >= 15 is 0 Å². The van der Waals surface area contributed by atoms with Crippen LogP contribution in [0, 0.1) is 12.7 Å². The van der Waals surface area contributed by atoms with Crippen molar-refractivity contribution >= 4 is 5.91 Å². The van der Waals surface area contributed by atoms with Crippen LogP contribution >= 0.6 is 0 Å². The average molecular weight is 263 g/mol. The Labute approximate surface area is 109 Å². The minimum absolute atomic E-state index is 0.110. The maximum absolute atomic E-state index is 13.6. The largest absolute Gasteiger partial charge is 0.389 e. The molecular formula is C13H14FN3O2. The first kappa shape index (κ1) is 13.2. The van der Waals surface area contributed by atoms with E-state index in [1.165, 1.54) is 23.7 Å². The molecule has 1 atom stereocenters. The molecule has 0 saturated carbocycles. The number of benzene rings is 1. The van der Waals surface area contributed by atoms with Crippen LogP contribution in [0.5, 0.6) is 0 Å². The van der Waals surface area contributed by atoms with Crippen LogP contribution in [0.1, 0.15) is 34.6 Å². The van der Waals surface area contributed by atoms with E-state index in [4.69, 9.17) is 5.73 Å². The lowest BCUT2D eigenvalue weighted by molar-refractivity contribution is 0.0995. The number of aliphatic hydroxyl groups excluding tert-OH is 1. The van der Waals surface area contributed by atoms with Gasteiger partial charge in [-0.2, -0.15) is 5.10 Å². The van der Waals surface area contributed by atoms with E-state index in [2.05, 4.69) is 5.10 Å². The van der Waals surface area contributed by atoms with Crippen LogP contribution in [-0.4, -0.2) is 20.8 Å². The maximum atomic E-state index is 13.6. The standard InChI is InChI=1S/C13H14FN3O2/c1-7-5-12(9(8(2)18)6-10(7)14)17-4-3-11(16-17)13(15)19/h3-6,8,18H,1-2H3,(H2,15,19)/t8-/m1/s1. The van der Waals surface area contributed by atoms with Crippen molar-refractivity contribution in [2.75, 3.05) is 0 Å². The Morgan fingerprint density at radius 2 is 2.21 bits per heavy atom. The van der Waals surface area contributed by atoms with Crippen molar-refractivity contribution in [2.45, 2.75) is 20.0 Å². The Hall–Kier alpha value is -2.21. The molecule has 1 aromatic heterocycles. The van der Waals surface area contributed by atoms with Gasteiger partial charge in [0.15, 0.2) is 0 Å². The molecule has 0 aliphatic rings. The van der Waals surface area contributed by atoms with Crippen LogP contribution in [0.15, 0.2) is 24.4 Å². The Kier molecular flexibility index (Phi) is 3.35. The third-order valence-corrected chi connectivity index (χ3v) is 2.85. The van der Waals surface area contributed by atoms with Gasteiger partial charge in [0.05, 0.1) is 11.8 Å². The number of hydrogen-bond donors (Lipinski definition) is 2. The highest BCUT2D eigenvalue weighted by molar-refractivity contribution is 5.90. The summed E-state index contributed by atoms with van der Waals surface area (Å²) in [6, 6.07) is 4.29. The fraction of sp³-hybridized carbons (Fsp3) is 0.231. The van der Waals surface area contributed by atoms with Gasteiger partial charge in [-0.05, 0) is 37.6 Å². The van der Waals surface area contributed by atoms with Gasteiger partial charge in [-0.1, -0.05) is 0 Å². The molecular weight excluding hydrogens is 249 g/mol. The first-order valence-corrected chi connectivity index (χ1v) is 5.74. The topological polar surface area (TPSA) is 81.1 Å². The first-order valence-electron chi connectivity index (χ1n) is 5.74. The number of aliphatic hydroxyl groups is 1. The van der Waals surface area contributed by atoms with Crippen LogP contribution in [0.3, 0.4) is 0 Å². The number of nitrogens with zero attached hydrogens (tertiary/aromatic N) is 2. The predicted octanol–water partition coefficient (Wildman–Crippen LogP) is 1.47. The number of halogens is 1. The highest BCUT2D eigenvalue weighted by atomic mass is 19.1. The van der Waals surface area contributed by atoms with Crippen molar-refractivity contribution in [3.05, 3.63) is 47.0 Å². The fourth-order valence-corrected chi connectivity index (χ4v) is 1.80. The van der Waals surface area contributed by atoms with Crippen molar-refractivity contribution < 1.29 is 14.3 Å². The summed E-state index contributed by atoms with van der Waals surface area (Å²) in [4.78, 5) is 11.0. The molecule has 0 saturated heterocycles. The van der Waals surface area contributed by atoms with E-state index in [-0.39, 0.29) is 5.69 Å². The number of aryl methyl sites for hydroxylation is 1. The van der Waals surface area contributed by atoms with Gasteiger partial charge in [0.1, 0.15) is 11.5 Å². The normalized spacial score (nSPS) is 12.4. The molecule has 1 heterocycles. The number of nitrogens with two attached hydrogens (primary N) is 1. The van der Waals surface area contributed by atoms with E-state index in [1.807, 2.05) is 0 Å². The molecule has 19 heavy (non-hydrogen) atoms. The van der Waals surface area contributed by atoms with Gasteiger partial charge in [0, 0.05) is 11.8 Å². The molecule has 2 rings (SSSR count). The highest BCUT2D eigenvalue weighted by Gasteiger charge is 2.15. The fourth-order valence-electron chi connectivity index (χ4n) is 1.80. The molecule has 0 aliphatic heterocycles. The summed E-state index contributed by atoms with van der Waals surface area (Å²) in [7, 11) is 0. The smallest absolute Gasteiger partial charge is 0.269 e. The number of hydrogen-bond acceptors (Lipinski definition) is 3. The lowest BCUT2D eigenvalue weighted by Gasteiger charge is -2.13. The Morgan fingerprint density at radius 1 is 1.53 bits per heavy atom. The SMILES string of the molecule is Cc1cc(-n2ccc(C(N)=O)n2)c([C@@H](C)O)cc1F. The van der Waals surface area contributed by atoms with Gasteiger partial charge < -0.3 is 10.8 Å². The van der Waals surface area contributed by atoms with Crippen LogP contribution < -0.4 is 5.73 Å². The minimum atomic E-state index is -0.855. The summed E-state index contributed by atoms with van der Waals surface area (Å²) in [6.07, 6.45) is 0.685. The first-order chi connectivity index (χ1) is 8.90. The Bertz CT molecular complexity index is 635. The van der Waals surface area contributed by atoms with Gasteiger partial charge in [-0.3, -0.25) is 4.79 Å². The molecule has 0 fully saturated rings. The molecule has 5 nitrogen and oxygen atoms in total. The number of carbonyl (C=O) groups is 1. The number of amides is 1. The van der Waals surface area contributed by atoms with Crippen LogP contribution in [0.4, 0.5) is 4.39 Å². The summed E-state index contributed by atoms with van der Waals surface area (Å²) < 4.78 is 15.0. The van der Waals surface area contributed by atoms with Crippen molar-refractivity contribution in [3.8, 4) is 5.69 Å². The quantitative estimate of drug-likeness (QED) is 0.879. The summed E-state index contributed by atoms with van der Waals surface area (Å²) in [5.41, 5.74) is 6.58. The highest BCUT2D eigenvalue weighted by Crippen LogP contribution is 2.24. The van der Waals surface area contributed by atoms with Gasteiger partial charge in [-0.25, -0.2) is 9.07 Å². The monoisotopic (exact) mass is 263 g/mol. The predicted molar refractivity (Wildman–Crippen MR) is 67.4 cm³/mol. The van der Waals surface area contributed by atoms with Crippen LogP contribution in [0.2, 0.25) is 0 Å². The van der Waals surface area contributed by atoms with E-state index in [9.17, 15) is 14.3 Å². The molecule has 100 valence electrons. The molecule has 6 heteroatoms. The number of rotatable bonds is 3. The number of aromatic nitrogens is 2. The molecule has 1 aromatic carbocycles. The number of primary amides is 1.